The van der Waals surface area contributed by atoms with Crippen LogP contribution in [0.25, 0.3) is 22.1 Å². The first-order valence-corrected chi connectivity index (χ1v) is 10.5. The third kappa shape index (κ3) is 4.10. The molecule has 4 aromatic rings. The number of thiophene rings is 1. The van der Waals surface area contributed by atoms with Gasteiger partial charge < -0.3 is 14.5 Å². The zero-order valence-electron chi connectivity index (χ0n) is 16.6. The van der Waals surface area contributed by atoms with Crippen LogP contribution in [0.15, 0.2) is 58.3 Å². The maximum atomic E-state index is 12.9. The summed E-state index contributed by atoms with van der Waals surface area (Å²) in [7, 11) is 1.29. The average Bonchev–Trinajstić information content (AvgIpc) is 3.16. The Morgan fingerprint density at radius 2 is 1.87 bits per heavy atom. The van der Waals surface area contributed by atoms with Gasteiger partial charge in [-0.05, 0) is 36.8 Å². The van der Waals surface area contributed by atoms with Crippen molar-refractivity contribution in [2.75, 3.05) is 12.4 Å². The molecule has 6 nitrogen and oxygen atoms in total. The van der Waals surface area contributed by atoms with Crippen molar-refractivity contribution in [3.05, 3.63) is 81.2 Å². The van der Waals surface area contributed by atoms with Crippen molar-refractivity contribution in [1.82, 2.24) is 0 Å². The van der Waals surface area contributed by atoms with Crippen molar-refractivity contribution < 1.29 is 18.7 Å². The fourth-order valence-corrected chi connectivity index (χ4v) is 4.28. The number of halogens is 1. The van der Waals surface area contributed by atoms with E-state index in [0.717, 1.165) is 11.1 Å². The van der Waals surface area contributed by atoms with Crippen LogP contribution in [0, 0.1) is 12.3 Å². The molecule has 31 heavy (non-hydrogen) atoms. The molecule has 0 aliphatic rings. The number of carbonyl (C=O) groups is 2. The van der Waals surface area contributed by atoms with Gasteiger partial charge >= 0.3 is 5.97 Å². The van der Waals surface area contributed by atoms with Crippen LogP contribution in [0.3, 0.4) is 0 Å². The van der Waals surface area contributed by atoms with Gasteiger partial charge in [0.25, 0.3) is 5.91 Å². The largest absolute Gasteiger partial charge is 0.465 e. The van der Waals surface area contributed by atoms with E-state index in [1.165, 1.54) is 24.5 Å². The molecule has 0 saturated heterocycles. The van der Waals surface area contributed by atoms with Crippen LogP contribution in [-0.2, 0) is 4.74 Å². The van der Waals surface area contributed by atoms with Gasteiger partial charge in [-0.1, -0.05) is 41.4 Å². The number of fused-ring (bicyclic) bond motifs is 1. The predicted octanol–water partition coefficient (Wildman–Crippen LogP) is 5.64. The minimum atomic E-state index is -0.571. The number of ether oxygens (including phenoxy) is 1. The molecule has 2 heterocycles. The van der Waals surface area contributed by atoms with Gasteiger partial charge in [0.1, 0.15) is 21.7 Å². The van der Waals surface area contributed by atoms with E-state index >= 15 is 0 Å². The van der Waals surface area contributed by atoms with Crippen LogP contribution in [0.5, 0.6) is 0 Å². The quantitative estimate of drug-likeness (QED) is 0.392. The lowest BCUT2D eigenvalue weighted by Gasteiger charge is -2.08. The molecule has 2 N–H and O–H groups in total. The monoisotopic (exact) mass is 452 g/mol. The third-order valence-electron chi connectivity index (χ3n) is 4.74. The van der Waals surface area contributed by atoms with E-state index < -0.39 is 11.9 Å². The van der Waals surface area contributed by atoms with Gasteiger partial charge in [0.2, 0.25) is 5.55 Å². The number of rotatable bonds is 4. The normalized spacial score (nSPS) is 10.8. The van der Waals surface area contributed by atoms with Gasteiger partial charge in [-0.3, -0.25) is 10.2 Å². The molecule has 0 bridgehead atoms. The Morgan fingerprint density at radius 1 is 1.13 bits per heavy atom. The van der Waals surface area contributed by atoms with Crippen molar-refractivity contribution in [3.8, 4) is 11.1 Å². The first-order valence-electron chi connectivity index (χ1n) is 9.23. The van der Waals surface area contributed by atoms with Crippen LogP contribution in [-0.4, -0.2) is 19.0 Å². The summed E-state index contributed by atoms with van der Waals surface area (Å²) in [5.74, 6) is -1.13. The summed E-state index contributed by atoms with van der Waals surface area (Å²) in [5, 5.41) is 14.0. The maximum Gasteiger partial charge on any atom is 0.341 e. The molecule has 8 heteroatoms. The highest BCUT2D eigenvalue weighted by Gasteiger charge is 2.23. The summed E-state index contributed by atoms with van der Waals surface area (Å²) in [4.78, 5) is 25.5. The molecule has 156 valence electrons. The summed E-state index contributed by atoms with van der Waals surface area (Å²) in [6, 6.07) is 14.2. The maximum absolute atomic E-state index is 12.9. The zero-order chi connectivity index (χ0) is 22.1. The average molecular weight is 453 g/mol. The van der Waals surface area contributed by atoms with E-state index in [0.29, 0.717) is 26.6 Å². The summed E-state index contributed by atoms with van der Waals surface area (Å²) in [5.41, 5.74) is 3.02. The Bertz CT molecular complexity index is 1370. The number of esters is 1. The molecule has 0 unspecified atom stereocenters. The molecular formula is C23H17ClN2O4S. The van der Waals surface area contributed by atoms with E-state index in [9.17, 15) is 9.59 Å². The number of anilines is 1. The topological polar surface area (TPSA) is 92.4 Å². The van der Waals surface area contributed by atoms with E-state index in [1.54, 1.807) is 23.6 Å². The number of nitrogens with one attached hydrogen (secondary N) is 2. The van der Waals surface area contributed by atoms with Crippen molar-refractivity contribution in [3.63, 3.8) is 0 Å². The van der Waals surface area contributed by atoms with E-state index in [2.05, 4.69) is 5.32 Å². The molecule has 0 radical (unpaired) electrons. The van der Waals surface area contributed by atoms with Crippen LogP contribution >= 0.6 is 22.9 Å². The third-order valence-corrected chi connectivity index (χ3v) is 5.87. The molecule has 4 rings (SSSR count). The zero-order valence-corrected chi connectivity index (χ0v) is 18.2. The molecular weight excluding hydrogens is 436 g/mol. The smallest absolute Gasteiger partial charge is 0.341 e. The van der Waals surface area contributed by atoms with E-state index in [1.807, 2.05) is 31.2 Å². The molecule has 2 aromatic heterocycles. The van der Waals surface area contributed by atoms with Crippen molar-refractivity contribution in [2.45, 2.75) is 6.92 Å². The fraction of sp³-hybridized carbons (Fsp3) is 0.0870. The Hall–Kier alpha value is -3.42. The van der Waals surface area contributed by atoms with Crippen molar-refractivity contribution in [2.24, 2.45) is 0 Å². The lowest BCUT2D eigenvalue weighted by molar-refractivity contribution is 0.0603. The Morgan fingerprint density at radius 3 is 2.58 bits per heavy atom. The lowest BCUT2D eigenvalue weighted by atomic mass is 10.0. The summed E-state index contributed by atoms with van der Waals surface area (Å²) < 4.78 is 10.4. The van der Waals surface area contributed by atoms with Gasteiger partial charge in [0.15, 0.2) is 0 Å². The number of hydrogen-bond acceptors (Lipinski definition) is 6. The Labute approximate surface area is 186 Å². The van der Waals surface area contributed by atoms with Gasteiger partial charge in [-0.2, -0.15) is 0 Å². The molecule has 2 aromatic carbocycles. The number of benzene rings is 2. The number of amides is 1. The number of methoxy groups -OCH3 is 1. The number of carbonyl (C=O) groups excluding carboxylic acids is 2. The Balaban J connectivity index is 1.74. The van der Waals surface area contributed by atoms with Crippen LogP contribution < -0.4 is 10.9 Å². The molecule has 0 aliphatic carbocycles. The molecule has 1 amide bonds. The first kappa shape index (κ1) is 20.8. The summed E-state index contributed by atoms with van der Waals surface area (Å²) in [6.45, 7) is 1.98. The first-order chi connectivity index (χ1) is 14.9. The molecule has 0 spiro atoms. The fourth-order valence-electron chi connectivity index (χ4n) is 3.15. The van der Waals surface area contributed by atoms with E-state index in [-0.39, 0.29) is 16.7 Å². The predicted molar refractivity (Wildman–Crippen MR) is 121 cm³/mol. The highest BCUT2D eigenvalue weighted by Crippen LogP contribution is 2.36. The second kappa shape index (κ2) is 8.37. The molecule has 0 fully saturated rings. The minimum absolute atomic E-state index is 0.0240. The second-order valence-electron chi connectivity index (χ2n) is 6.84. The van der Waals surface area contributed by atoms with Gasteiger partial charge in [-0.25, -0.2) is 4.79 Å². The molecule has 0 saturated carbocycles. The van der Waals surface area contributed by atoms with Gasteiger partial charge in [0, 0.05) is 21.4 Å². The minimum Gasteiger partial charge on any atom is -0.465 e. The SMILES string of the molecule is COC(=O)c1c(-c2ccc(C)cc2)csc1NC(=O)c1cc2cc(Cl)ccc2oc1=N. The molecule has 0 atom stereocenters. The van der Waals surface area contributed by atoms with Crippen LogP contribution in [0.1, 0.15) is 26.3 Å². The summed E-state index contributed by atoms with van der Waals surface area (Å²) in [6.07, 6.45) is 0. The lowest BCUT2D eigenvalue weighted by Crippen LogP contribution is -2.21. The van der Waals surface area contributed by atoms with Crippen LogP contribution in [0.4, 0.5) is 5.00 Å². The van der Waals surface area contributed by atoms with Crippen LogP contribution in [0.2, 0.25) is 5.02 Å². The standard InChI is InChI=1S/C23H17ClN2O4S/c1-12-3-5-13(6-4-12)17-11-31-22(19(17)23(28)29-2)26-21(27)16-10-14-9-15(24)7-8-18(14)30-20(16)25/h3-11,25H,1-2H3,(H,26,27). The molecule has 0 aliphatic heterocycles. The van der Waals surface area contributed by atoms with Crippen molar-refractivity contribution >= 4 is 50.8 Å². The highest BCUT2D eigenvalue weighted by molar-refractivity contribution is 7.15. The van der Waals surface area contributed by atoms with Gasteiger partial charge in [-0.15, -0.1) is 11.3 Å². The Kier molecular flexibility index (Phi) is 5.63. The number of aryl methyl sites for hydroxylation is 1. The number of hydrogen-bond donors (Lipinski definition) is 2. The summed E-state index contributed by atoms with van der Waals surface area (Å²) >= 11 is 7.23. The van der Waals surface area contributed by atoms with Gasteiger partial charge in [0.05, 0.1) is 7.11 Å². The van der Waals surface area contributed by atoms with E-state index in [4.69, 9.17) is 26.2 Å². The van der Waals surface area contributed by atoms with Crippen molar-refractivity contribution in [1.29, 1.82) is 5.41 Å². The highest BCUT2D eigenvalue weighted by atomic mass is 35.5. The second-order valence-corrected chi connectivity index (χ2v) is 8.15.